The highest BCUT2D eigenvalue weighted by Crippen LogP contribution is 1.88. The molecule has 0 aliphatic carbocycles. The number of rotatable bonds is 0. The third-order valence-electron chi connectivity index (χ3n) is 0.847. The first kappa shape index (κ1) is 11.5. The summed E-state index contributed by atoms with van der Waals surface area (Å²) in [5.41, 5.74) is 1.26. The van der Waals surface area contributed by atoms with Crippen LogP contribution in [0, 0.1) is 6.92 Å². The minimum atomic E-state index is 0. The first-order valence-corrected chi connectivity index (χ1v) is 2.26. The summed E-state index contributed by atoms with van der Waals surface area (Å²) in [6.07, 6.45) is 3.57. The Hall–Kier alpha value is -0.270. The summed E-state index contributed by atoms with van der Waals surface area (Å²) in [6.45, 7) is 2.04. The van der Waals surface area contributed by atoms with Gasteiger partial charge in [0.15, 0.2) is 0 Å². The Morgan fingerprint density at radius 2 is 1.56 bits per heavy atom. The normalized spacial score (nSPS) is 6.78. The lowest BCUT2D eigenvalue weighted by molar-refractivity contribution is 1.29. The molecule has 0 spiro atoms. The summed E-state index contributed by atoms with van der Waals surface area (Å²) >= 11 is 0. The molecule has 0 unspecified atom stereocenters. The monoisotopic (exact) mass is 165 g/mol. The fourth-order valence-electron chi connectivity index (χ4n) is 0.426. The molecule has 1 heterocycles. The molecule has 0 N–H and O–H groups in total. The molecule has 0 amide bonds. The Balaban J connectivity index is 0. The number of halogens is 2. The fraction of sp³-hybridized carbons (Fsp3) is 0.167. The van der Waals surface area contributed by atoms with Crippen molar-refractivity contribution in [2.75, 3.05) is 0 Å². The van der Waals surface area contributed by atoms with Crippen LogP contribution in [-0.2, 0) is 0 Å². The number of aromatic nitrogens is 1. The van der Waals surface area contributed by atoms with Crippen LogP contribution in [-0.4, -0.2) is 4.98 Å². The smallest absolute Gasteiger partial charge is 0.0270 e. The Morgan fingerprint density at radius 1 is 1.11 bits per heavy atom. The van der Waals surface area contributed by atoms with Gasteiger partial charge < -0.3 is 0 Å². The van der Waals surface area contributed by atoms with E-state index in [1.54, 1.807) is 12.4 Å². The van der Waals surface area contributed by atoms with Crippen molar-refractivity contribution in [3.63, 3.8) is 0 Å². The molecule has 52 valence electrons. The maximum atomic E-state index is 3.85. The van der Waals surface area contributed by atoms with Gasteiger partial charge in [0.05, 0.1) is 0 Å². The third-order valence-corrected chi connectivity index (χ3v) is 0.847. The molecule has 1 aromatic heterocycles. The number of aryl methyl sites for hydroxylation is 1. The molecule has 1 nitrogen and oxygen atoms in total. The molecule has 0 radical (unpaired) electrons. The third kappa shape index (κ3) is 4.25. The summed E-state index contributed by atoms with van der Waals surface area (Å²) < 4.78 is 0. The predicted octanol–water partition coefficient (Wildman–Crippen LogP) is 2.23. The van der Waals surface area contributed by atoms with Crippen LogP contribution < -0.4 is 0 Å². The van der Waals surface area contributed by atoms with E-state index >= 15 is 0 Å². The molecule has 0 atom stereocenters. The van der Waals surface area contributed by atoms with Crippen molar-refractivity contribution in [1.82, 2.24) is 4.98 Å². The SMILES string of the molecule is Cc1ccncc1.Cl.Cl. The van der Waals surface area contributed by atoms with E-state index in [0.29, 0.717) is 0 Å². The number of hydrogen-bond acceptors (Lipinski definition) is 1. The van der Waals surface area contributed by atoms with Crippen molar-refractivity contribution >= 4 is 24.8 Å². The van der Waals surface area contributed by atoms with Gasteiger partial charge in [-0.3, -0.25) is 4.98 Å². The summed E-state index contributed by atoms with van der Waals surface area (Å²) in [6, 6.07) is 3.94. The fourth-order valence-corrected chi connectivity index (χ4v) is 0.426. The van der Waals surface area contributed by atoms with Crippen LogP contribution in [0.5, 0.6) is 0 Å². The van der Waals surface area contributed by atoms with Gasteiger partial charge in [-0.15, -0.1) is 24.8 Å². The van der Waals surface area contributed by atoms with Gasteiger partial charge in [-0.2, -0.15) is 0 Å². The van der Waals surface area contributed by atoms with Crippen molar-refractivity contribution < 1.29 is 0 Å². The number of hydrogen-bond donors (Lipinski definition) is 0. The molecule has 0 bridgehead atoms. The number of pyridine rings is 1. The standard InChI is InChI=1S/C6H7N.2ClH/c1-6-2-4-7-5-3-6;;/h2-5H,1H3;2*1H. The second kappa shape index (κ2) is 5.86. The molecule has 0 aliphatic heterocycles. The van der Waals surface area contributed by atoms with Crippen molar-refractivity contribution in [1.29, 1.82) is 0 Å². The molecule has 0 fully saturated rings. The second-order valence-electron chi connectivity index (χ2n) is 1.52. The van der Waals surface area contributed by atoms with Crippen LogP contribution in [0.15, 0.2) is 24.5 Å². The van der Waals surface area contributed by atoms with Crippen molar-refractivity contribution in [3.8, 4) is 0 Å². The highest BCUT2D eigenvalue weighted by molar-refractivity contribution is 5.85. The average molecular weight is 166 g/mol. The Labute approximate surface area is 67.3 Å². The van der Waals surface area contributed by atoms with E-state index in [0.717, 1.165) is 0 Å². The quantitative estimate of drug-likeness (QED) is 0.575. The van der Waals surface area contributed by atoms with Crippen LogP contribution in [0.3, 0.4) is 0 Å². The van der Waals surface area contributed by atoms with Crippen LogP contribution in [0.2, 0.25) is 0 Å². The summed E-state index contributed by atoms with van der Waals surface area (Å²) in [5.74, 6) is 0. The minimum absolute atomic E-state index is 0. The summed E-state index contributed by atoms with van der Waals surface area (Å²) in [5, 5.41) is 0. The molecule has 1 aromatic rings. The Morgan fingerprint density at radius 3 is 1.78 bits per heavy atom. The van der Waals surface area contributed by atoms with Gasteiger partial charge >= 0.3 is 0 Å². The van der Waals surface area contributed by atoms with Gasteiger partial charge in [-0.25, -0.2) is 0 Å². The van der Waals surface area contributed by atoms with Gasteiger partial charge in [0.1, 0.15) is 0 Å². The molecule has 0 aromatic carbocycles. The largest absolute Gasteiger partial charge is 0.265 e. The Bertz CT molecular complexity index is 141. The van der Waals surface area contributed by atoms with Gasteiger partial charge in [0.25, 0.3) is 0 Å². The van der Waals surface area contributed by atoms with Gasteiger partial charge in [-0.1, -0.05) is 0 Å². The molecular formula is C6H9Cl2N. The first-order chi connectivity index (χ1) is 3.39. The molecule has 0 saturated carbocycles. The maximum absolute atomic E-state index is 3.85. The maximum Gasteiger partial charge on any atom is 0.0270 e. The zero-order valence-corrected chi connectivity index (χ0v) is 6.71. The zero-order chi connectivity index (χ0) is 5.11. The van der Waals surface area contributed by atoms with E-state index in [1.165, 1.54) is 5.56 Å². The van der Waals surface area contributed by atoms with E-state index in [-0.39, 0.29) is 24.8 Å². The first-order valence-electron chi connectivity index (χ1n) is 2.26. The molecule has 0 saturated heterocycles. The van der Waals surface area contributed by atoms with E-state index in [9.17, 15) is 0 Å². The van der Waals surface area contributed by atoms with E-state index in [2.05, 4.69) is 4.98 Å². The van der Waals surface area contributed by atoms with E-state index < -0.39 is 0 Å². The van der Waals surface area contributed by atoms with Crippen LogP contribution in [0.1, 0.15) is 5.56 Å². The summed E-state index contributed by atoms with van der Waals surface area (Å²) in [4.78, 5) is 3.85. The van der Waals surface area contributed by atoms with Crippen LogP contribution in [0.4, 0.5) is 0 Å². The molecule has 0 aliphatic rings. The Kier molecular flexibility index (Phi) is 7.50. The zero-order valence-electron chi connectivity index (χ0n) is 5.07. The van der Waals surface area contributed by atoms with Crippen molar-refractivity contribution in [2.45, 2.75) is 6.92 Å². The molecule has 3 heteroatoms. The van der Waals surface area contributed by atoms with Gasteiger partial charge in [-0.05, 0) is 24.6 Å². The van der Waals surface area contributed by atoms with Gasteiger partial charge in [0.2, 0.25) is 0 Å². The lowest BCUT2D eigenvalue weighted by Crippen LogP contribution is -1.68. The predicted molar refractivity (Wildman–Crippen MR) is 43.5 cm³/mol. The van der Waals surface area contributed by atoms with Crippen molar-refractivity contribution in [3.05, 3.63) is 30.1 Å². The number of nitrogens with zero attached hydrogens (tertiary/aromatic N) is 1. The highest BCUT2D eigenvalue weighted by Gasteiger charge is 1.72. The second-order valence-corrected chi connectivity index (χ2v) is 1.52. The lowest BCUT2D eigenvalue weighted by atomic mass is 10.3. The lowest BCUT2D eigenvalue weighted by Gasteiger charge is -1.82. The molecule has 1 rings (SSSR count). The van der Waals surface area contributed by atoms with Crippen molar-refractivity contribution in [2.24, 2.45) is 0 Å². The molecule has 9 heavy (non-hydrogen) atoms. The van der Waals surface area contributed by atoms with Crippen LogP contribution >= 0.6 is 24.8 Å². The van der Waals surface area contributed by atoms with E-state index in [1.807, 2.05) is 19.1 Å². The molecular weight excluding hydrogens is 157 g/mol. The van der Waals surface area contributed by atoms with Gasteiger partial charge in [0, 0.05) is 12.4 Å². The average Bonchev–Trinajstić information content (AvgIpc) is 1.69. The highest BCUT2D eigenvalue weighted by atomic mass is 35.5. The topological polar surface area (TPSA) is 12.9 Å². The minimum Gasteiger partial charge on any atom is -0.265 e. The van der Waals surface area contributed by atoms with Crippen LogP contribution in [0.25, 0.3) is 0 Å². The van der Waals surface area contributed by atoms with E-state index in [4.69, 9.17) is 0 Å². The summed E-state index contributed by atoms with van der Waals surface area (Å²) in [7, 11) is 0.